The van der Waals surface area contributed by atoms with Gasteiger partial charge in [-0.1, -0.05) is 15.9 Å². The van der Waals surface area contributed by atoms with E-state index in [1.54, 1.807) is 19.2 Å². The Morgan fingerprint density at radius 1 is 1.41 bits per heavy atom. The third-order valence-corrected chi connectivity index (χ3v) is 3.25. The molecule has 17 heavy (non-hydrogen) atoms. The van der Waals surface area contributed by atoms with Crippen LogP contribution >= 0.6 is 15.9 Å². The summed E-state index contributed by atoms with van der Waals surface area (Å²) in [7, 11) is 1.65. The molecule has 1 aliphatic rings. The molecule has 1 fully saturated rings. The van der Waals surface area contributed by atoms with Crippen molar-refractivity contribution in [2.24, 2.45) is 5.73 Å². The van der Waals surface area contributed by atoms with Crippen LogP contribution < -0.4 is 10.6 Å². The maximum absolute atomic E-state index is 11.9. The normalized spacial score (nSPS) is 19.9. The van der Waals surface area contributed by atoms with Gasteiger partial charge in [0.1, 0.15) is 6.04 Å². The zero-order valence-electron chi connectivity index (χ0n) is 9.26. The zero-order valence-corrected chi connectivity index (χ0v) is 10.8. The van der Waals surface area contributed by atoms with Gasteiger partial charge in [-0.05, 0) is 24.3 Å². The van der Waals surface area contributed by atoms with Gasteiger partial charge in [-0.25, -0.2) is 4.79 Å². The molecule has 1 aliphatic heterocycles. The van der Waals surface area contributed by atoms with E-state index in [-0.39, 0.29) is 6.03 Å². The Balaban J connectivity index is 2.37. The lowest BCUT2D eigenvalue weighted by molar-refractivity contribution is -0.118. The largest absolute Gasteiger partial charge is 0.368 e. The summed E-state index contributed by atoms with van der Waals surface area (Å²) in [6.45, 7) is 0.324. The van der Waals surface area contributed by atoms with Gasteiger partial charge in [-0.3, -0.25) is 9.69 Å². The van der Waals surface area contributed by atoms with Crippen LogP contribution in [0.4, 0.5) is 10.5 Å². The fourth-order valence-corrected chi connectivity index (χ4v) is 2.11. The van der Waals surface area contributed by atoms with Gasteiger partial charge in [0.25, 0.3) is 0 Å². The van der Waals surface area contributed by atoms with Gasteiger partial charge in [-0.2, -0.15) is 0 Å². The molecule has 2 rings (SSSR count). The first kappa shape index (κ1) is 11.9. The van der Waals surface area contributed by atoms with E-state index < -0.39 is 11.9 Å². The summed E-state index contributed by atoms with van der Waals surface area (Å²) in [5.41, 5.74) is 5.98. The number of hydrogen-bond acceptors (Lipinski definition) is 2. The van der Waals surface area contributed by atoms with Crippen molar-refractivity contribution in [3.63, 3.8) is 0 Å². The molecule has 0 aromatic heterocycles. The van der Waals surface area contributed by atoms with E-state index in [2.05, 4.69) is 15.9 Å². The van der Waals surface area contributed by atoms with E-state index in [4.69, 9.17) is 5.73 Å². The quantitative estimate of drug-likeness (QED) is 0.890. The molecule has 90 valence electrons. The maximum atomic E-state index is 11.9. The number of nitrogens with two attached hydrogens (primary N) is 1. The van der Waals surface area contributed by atoms with E-state index in [0.29, 0.717) is 12.2 Å². The molecule has 0 unspecified atom stereocenters. The number of benzene rings is 1. The fraction of sp³-hybridized carbons (Fsp3) is 0.273. The topological polar surface area (TPSA) is 66.6 Å². The Morgan fingerprint density at radius 2 is 2.00 bits per heavy atom. The van der Waals surface area contributed by atoms with Crippen molar-refractivity contribution >= 4 is 33.6 Å². The molecule has 0 radical (unpaired) electrons. The van der Waals surface area contributed by atoms with E-state index in [1.165, 1.54) is 9.80 Å². The van der Waals surface area contributed by atoms with Crippen LogP contribution in [-0.2, 0) is 4.79 Å². The number of urea groups is 1. The molecule has 6 heteroatoms. The summed E-state index contributed by atoms with van der Waals surface area (Å²) in [5.74, 6) is -0.495. The van der Waals surface area contributed by atoms with Crippen molar-refractivity contribution in [3.8, 4) is 0 Å². The molecule has 0 aliphatic carbocycles. The highest BCUT2D eigenvalue weighted by Crippen LogP contribution is 2.25. The number of carbonyl (C=O) groups excluding carboxylic acids is 2. The third-order valence-electron chi connectivity index (χ3n) is 2.72. The summed E-state index contributed by atoms with van der Waals surface area (Å²) in [5, 5.41) is 0. The van der Waals surface area contributed by atoms with Gasteiger partial charge in [-0.15, -0.1) is 0 Å². The van der Waals surface area contributed by atoms with Crippen LogP contribution in [0.25, 0.3) is 0 Å². The molecule has 1 aromatic rings. The van der Waals surface area contributed by atoms with Crippen molar-refractivity contribution in [3.05, 3.63) is 28.7 Å². The smallest absolute Gasteiger partial charge is 0.325 e. The predicted octanol–water partition coefficient (Wildman–Crippen LogP) is 1.17. The van der Waals surface area contributed by atoms with E-state index in [1.807, 2.05) is 12.1 Å². The van der Waals surface area contributed by atoms with Gasteiger partial charge in [0.05, 0.1) is 6.54 Å². The highest BCUT2D eigenvalue weighted by molar-refractivity contribution is 9.10. The van der Waals surface area contributed by atoms with Crippen LogP contribution in [-0.4, -0.2) is 36.5 Å². The lowest BCUT2D eigenvalue weighted by Gasteiger charge is -2.20. The summed E-state index contributed by atoms with van der Waals surface area (Å²) < 4.78 is 0.914. The van der Waals surface area contributed by atoms with Crippen molar-refractivity contribution in [1.29, 1.82) is 0 Å². The Labute approximate surface area is 107 Å². The summed E-state index contributed by atoms with van der Waals surface area (Å²) in [6.07, 6.45) is 0. The Kier molecular flexibility index (Phi) is 3.06. The minimum absolute atomic E-state index is 0.212. The lowest BCUT2D eigenvalue weighted by atomic mass is 10.2. The molecule has 3 amide bonds. The number of rotatable bonds is 2. The van der Waals surface area contributed by atoms with E-state index in [0.717, 1.165) is 4.47 Å². The van der Waals surface area contributed by atoms with Gasteiger partial charge < -0.3 is 10.6 Å². The molecule has 0 saturated carbocycles. The minimum atomic E-state index is -0.603. The number of amides is 3. The van der Waals surface area contributed by atoms with Gasteiger partial charge >= 0.3 is 6.03 Å². The Hall–Kier alpha value is -1.56. The standard InChI is InChI=1S/C11H12BrN3O2/c1-14-6-9(10(13)16)15(11(14)17)8-4-2-7(12)3-5-8/h2-5,9H,6H2,1H3,(H2,13,16)/t9-/m0/s1. The van der Waals surface area contributed by atoms with Crippen LogP contribution in [0.3, 0.4) is 0 Å². The SMILES string of the molecule is CN1C[C@@H](C(N)=O)N(c2ccc(Br)cc2)C1=O. The Morgan fingerprint density at radius 3 is 2.53 bits per heavy atom. The van der Waals surface area contributed by atoms with Crippen molar-refractivity contribution in [2.45, 2.75) is 6.04 Å². The minimum Gasteiger partial charge on any atom is -0.368 e. The monoisotopic (exact) mass is 297 g/mol. The number of nitrogens with zero attached hydrogens (tertiary/aromatic N) is 2. The van der Waals surface area contributed by atoms with Crippen molar-refractivity contribution < 1.29 is 9.59 Å². The second-order valence-electron chi connectivity index (χ2n) is 3.93. The van der Waals surface area contributed by atoms with Crippen molar-refractivity contribution in [2.75, 3.05) is 18.5 Å². The third kappa shape index (κ3) is 2.12. The first-order valence-electron chi connectivity index (χ1n) is 5.10. The fourth-order valence-electron chi connectivity index (χ4n) is 1.85. The highest BCUT2D eigenvalue weighted by atomic mass is 79.9. The van der Waals surface area contributed by atoms with Crippen LogP contribution in [0, 0.1) is 0 Å². The maximum Gasteiger partial charge on any atom is 0.325 e. The van der Waals surface area contributed by atoms with Crippen molar-refractivity contribution in [1.82, 2.24) is 4.90 Å². The molecule has 5 nitrogen and oxygen atoms in total. The van der Waals surface area contributed by atoms with Crippen LogP contribution in [0.5, 0.6) is 0 Å². The van der Waals surface area contributed by atoms with Gasteiger partial charge in [0.2, 0.25) is 5.91 Å². The average Bonchev–Trinajstić information content (AvgIpc) is 2.57. The average molecular weight is 298 g/mol. The number of hydrogen-bond donors (Lipinski definition) is 1. The van der Waals surface area contributed by atoms with E-state index in [9.17, 15) is 9.59 Å². The molecule has 0 spiro atoms. The van der Waals surface area contributed by atoms with E-state index >= 15 is 0 Å². The molecule has 1 saturated heterocycles. The lowest BCUT2D eigenvalue weighted by Crippen LogP contribution is -2.43. The van der Waals surface area contributed by atoms with Gasteiger partial charge in [0.15, 0.2) is 0 Å². The first-order valence-corrected chi connectivity index (χ1v) is 5.89. The molecule has 1 aromatic carbocycles. The number of halogens is 1. The summed E-state index contributed by atoms with van der Waals surface area (Å²) >= 11 is 3.32. The first-order chi connectivity index (χ1) is 8.00. The number of carbonyl (C=O) groups is 2. The molecule has 0 bridgehead atoms. The number of anilines is 1. The van der Waals surface area contributed by atoms with Crippen LogP contribution in [0.2, 0.25) is 0 Å². The molecular weight excluding hydrogens is 286 g/mol. The molecule has 1 heterocycles. The summed E-state index contributed by atoms with van der Waals surface area (Å²) in [4.78, 5) is 26.2. The number of primary amides is 1. The summed E-state index contributed by atoms with van der Waals surface area (Å²) in [6, 6.07) is 6.37. The molecule has 2 N–H and O–H groups in total. The Bertz CT molecular complexity index is 460. The highest BCUT2D eigenvalue weighted by Gasteiger charge is 2.39. The second-order valence-corrected chi connectivity index (χ2v) is 4.84. The number of likely N-dealkylation sites (N-methyl/N-ethyl adjacent to an activating group) is 1. The van der Waals surface area contributed by atoms with Gasteiger partial charge in [0, 0.05) is 17.2 Å². The molecule has 1 atom stereocenters. The van der Waals surface area contributed by atoms with Crippen LogP contribution in [0.1, 0.15) is 0 Å². The molecular formula is C11H12BrN3O2. The zero-order chi connectivity index (χ0) is 12.6. The van der Waals surface area contributed by atoms with Crippen LogP contribution in [0.15, 0.2) is 28.7 Å². The second kappa shape index (κ2) is 4.37. The predicted molar refractivity (Wildman–Crippen MR) is 67.6 cm³/mol.